The fourth-order valence-electron chi connectivity index (χ4n) is 3.83. The highest BCUT2D eigenvalue weighted by Crippen LogP contribution is 2.11. The van der Waals surface area contributed by atoms with E-state index in [0.29, 0.717) is 18.7 Å². The molecule has 0 aliphatic carbocycles. The van der Waals surface area contributed by atoms with E-state index in [4.69, 9.17) is 10.3 Å². The van der Waals surface area contributed by atoms with Crippen molar-refractivity contribution in [1.82, 2.24) is 20.0 Å². The SMILES string of the molecule is CCNC(=NCc1ccc(C#N)cc1)N1CCN(CC(=O)N2CCCCC2)CC1.I. The number of guanidine groups is 1. The van der Waals surface area contributed by atoms with E-state index in [1.165, 1.54) is 6.42 Å². The summed E-state index contributed by atoms with van der Waals surface area (Å²) in [7, 11) is 0. The first-order valence-electron chi connectivity index (χ1n) is 10.7. The fraction of sp³-hybridized carbons (Fsp3) is 0.591. The molecule has 2 aliphatic heterocycles. The summed E-state index contributed by atoms with van der Waals surface area (Å²) >= 11 is 0. The lowest BCUT2D eigenvalue weighted by Crippen LogP contribution is -2.54. The molecular formula is C22H33IN6O. The van der Waals surface area contributed by atoms with Crippen LogP contribution in [0.3, 0.4) is 0 Å². The molecule has 1 N–H and O–H groups in total. The number of piperazine rings is 1. The van der Waals surface area contributed by atoms with Gasteiger partial charge in [0.2, 0.25) is 5.91 Å². The summed E-state index contributed by atoms with van der Waals surface area (Å²) < 4.78 is 0. The van der Waals surface area contributed by atoms with Crippen LogP contribution in [0.1, 0.15) is 37.3 Å². The maximum Gasteiger partial charge on any atom is 0.236 e. The van der Waals surface area contributed by atoms with Gasteiger partial charge in [0.1, 0.15) is 0 Å². The molecule has 2 saturated heterocycles. The smallest absolute Gasteiger partial charge is 0.236 e. The molecule has 0 spiro atoms. The van der Waals surface area contributed by atoms with Crippen molar-refractivity contribution < 1.29 is 4.79 Å². The first-order valence-corrected chi connectivity index (χ1v) is 10.7. The largest absolute Gasteiger partial charge is 0.357 e. The predicted octanol–water partition coefficient (Wildman–Crippen LogP) is 2.27. The molecule has 0 bridgehead atoms. The number of nitrogens with one attached hydrogen (secondary N) is 1. The molecule has 0 unspecified atom stereocenters. The molecule has 164 valence electrons. The van der Waals surface area contributed by atoms with Crippen LogP contribution < -0.4 is 5.32 Å². The van der Waals surface area contributed by atoms with Crippen LogP contribution in [0.5, 0.6) is 0 Å². The lowest BCUT2D eigenvalue weighted by atomic mass is 10.1. The van der Waals surface area contributed by atoms with Crippen LogP contribution in [0.4, 0.5) is 0 Å². The quantitative estimate of drug-likeness (QED) is 0.364. The zero-order valence-corrected chi connectivity index (χ0v) is 20.2. The number of carbonyl (C=O) groups excluding carboxylic acids is 1. The minimum Gasteiger partial charge on any atom is -0.357 e. The average molecular weight is 524 g/mol. The van der Waals surface area contributed by atoms with Gasteiger partial charge in [-0.2, -0.15) is 5.26 Å². The Morgan fingerprint density at radius 2 is 1.70 bits per heavy atom. The summed E-state index contributed by atoms with van der Waals surface area (Å²) in [5, 5.41) is 12.3. The molecule has 0 atom stereocenters. The molecule has 2 fully saturated rings. The summed E-state index contributed by atoms with van der Waals surface area (Å²) in [5.41, 5.74) is 1.75. The number of aliphatic imine (C=N–C) groups is 1. The van der Waals surface area contributed by atoms with Crippen molar-refractivity contribution in [3.8, 4) is 6.07 Å². The Bertz CT molecular complexity index is 731. The Labute approximate surface area is 197 Å². The van der Waals surface area contributed by atoms with Crippen molar-refractivity contribution in [1.29, 1.82) is 5.26 Å². The minimum absolute atomic E-state index is 0. The second-order valence-electron chi connectivity index (χ2n) is 7.68. The summed E-state index contributed by atoms with van der Waals surface area (Å²) in [5.74, 6) is 1.19. The van der Waals surface area contributed by atoms with Crippen LogP contribution in [0.15, 0.2) is 29.3 Å². The van der Waals surface area contributed by atoms with Crippen molar-refractivity contribution in [2.24, 2.45) is 4.99 Å². The highest BCUT2D eigenvalue weighted by Gasteiger charge is 2.24. The summed E-state index contributed by atoms with van der Waals surface area (Å²) in [4.78, 5) is 23.8. The van der Waals surface area contributed by atoms with Crippen LogP contribution in [0, 0.1) is 11.3 Å². The van der Waals surface area contributed by atoms with Crippen LogP contribution in [0.2, 0.25) is 0 Å². The summed E-state index contributed by atoms with van der Waals surface area (Å²) in [6.07, 6.45) is 3.53. The number of nitrogens with zero attached hydrogens (tertiary/aromatic N) is 5. The predicted molar refractivity (Wildman–Crippen MR) is 130 cm³/mol. The average Bonchev–Trinajstić information content (AvgIpc) is 2.78. The van der Waals surface area contributed by atoms with E-state index in [0.717, 1.165) is 70.2 Å². The molecule has 2 heterocycles. The maximum atomic E-state index is 12.5. The Hall–Kier alpha value is -1.86. The molecular weight excluding hydrogens is 491 g/mol. The standard InChI is InChI=1S/C22H32N6O.HI/c1-2-24-22(25-17-20-8-6-19(16-23)7-9-20)28-14-12-26(13-15-28)18-21(29)27-10-4-3-5-11-27;/h6-9H,2-5,10-15,17-18H2,1H3,(H,24,25);1H. The first kappa shape index (κ1) is 24.4. The summed E-state index contributed by atoms with van der Waals surface area (Å²) in [6, 6.07) is 9.71. The van der Waals surface area contributed by atoms with Crippen molar-refractivity contribution in [2.45, 2.75) is 32.7 Å². The molecule has 7 nitrogen and oxygen atoms in total. The van der Waals surface area contributed by atoms with E-state index in [-0.39, 0.29) is 29.9 Å². The van der Waals surface area contributed by atoms with Gasteiger partial charge in [-0.3, -0.25) is 9.69 Å². The third-order valence-electron chi connectivity index (χ3n) is 5.57. The maximum absolute atomic E-state index is 12.5. The lowest BCUT2D eigenvalue weighted by molar-refractivity contribution is -0.133. The van der Waals surface area contributed by atoms with Gasteiger partial charge in [0, 0.05) is 45.8 Å². The lowest BCUT2D eigenvalue weighted by Gasteiger charge is -2.37. The Kier molecular flexibility index (Phi) is 10.4. The van der Waals surface area contributed by atoms with E-state index < -0.39 is 0 Å². The van der Waals surface area contributed by atoms with Gasteiger partial charge in [0.15, 0.2) is 5.96 Å². The molecule has 3 rings (SSSR count). The number of rotatable bonds is 5. The van der Waals surface area contributed by atoms with Crippen molar-refractivity contribution in [2.75, 3.05) is 52.4 Å². The van der Waals surface area contributed by atoms with Crippen LogP contribution >= 0.6 is 24.0 Å². The molecule has 30 heavy (non-hydrogen) atoms. The van der Waals surface area contributed by atoms with Crippen LogP contribution in [0.25, 0.3) is 0 Å². The molecule has 0 radical (unpaired) electrons. The van der Waals surface area contributed by atoms with E-state index in [1.807, 2.05) is 29.2 Å². The van der Waals surface area contributed by atoms with Gasteiger partial charge in [-0.15, -0.1) is 24.0 Å². The van der Waals surface area contributed by atoms with Crippen molar-refractivity contribution >= 4 is 35.8 Å². The van der Waals surface area contributed by atoms with Crippen molar-refractivity contribution in [3.05, 3.63) is 35.4 Å². The van der Waals surface area contributed by atoms with Gasteiger partial charge in [-0.05, 0) is 43.9 Å². The third-order valence-corrected chi connectivity index (χ3v) is 5.57. The Morgan fingerprint density at radius 3 is 2.30 bits per heavy atom. The normalized spacial score (nSPS) is 17.8. The molecule has 1 amide bonds. The number of nitriles is 1. The number of hydrogen-bond donors (Lipinski definition) is 1. The monoisotopic (exact) mass is 524 g/mol. The molecule has 0 saturated carbocycles. The van der Waals surface area contributed by atoms with Crippen LogP contribution in [-0.2, 0) is 11.3 Å². The molecule has 0 aromatic heterocycles. The van der Waals surface area contributed by atoms with Gasteiger partial charge in [0.05, 0.1) is 24.7 Å². The Morgan fingerprint density at radius 1 is 1.03 bits per heavy atom. The fourth-order valence-corrected chi connectivity index (χ4v) is 3.83. The van der Waals surface area contributed by atoms with Gasteiger partial charge in [-0.25, -0.2) is 4.99 Å². The molecule has 1 aromatic carbocycles. The van der Waals surface area contributed by atoms with E-state index in [1.54, 1.807) is 0 Å². The molecule has 8 heteroatoms. The summed E-state index contributed by atoms with van der Waals surface area (Å²) in [6.45, 7) is 9.34. The van der Waals surface area contributed by atoms with E-state index in [2.05, 4.69) is 28.1 Å². The van der Waals surface area contributed by atoms with Gasteiger partial charge in [0.25, 0.3) is 0 Å². The van der Waals surface area contributed by atoms with E-state index >= 15 is 0 Å². The van der Waals surface area contributed by atoms with Gasteiger partial charge in [-0.1, -0.05) is 12.1 Å². The third kappa shape index (κ3) is 7.13. The molecule has 1 aromatic rings. The second kappa shape index (κ2) is 12.7. The number of carbonyl (C=O) groups is 1. The minimum atomic E-state index is 0. The number of likely N-dealkylation sites (tertiary alicyclic amines) is 1. The van der Waals surface area contributed by atoms with Gasteiger partial charge >= 0.3 is 0 Å². The highest BCUT2D eigenvalue weighted by atomic mass is 127. The van der Waals surface area contributed by atoms with Gasteiger partial charge < -0.3 is 15.1 Å². The first-order chi connectivity index (χ1) is 14.2. The number of piperidine rings is 1. The highest BCUT2D eigenvalue weighted by molar-refractivity contribution is 14.0. The Balaban J connectivity index is 0.00000320. The number of benzene rings is 1. The topological polar surface area (TPSA) is 75.0 Å². The number of halogens is 1. The number of hydrogen-bond acceptors (Lipinski definition) is 4. The molecule has 2 aliphatic rings. The van der Waals surface area contributed by atoms with E-state index in [9.17, 15) is 4.79 Å². The van der Waals surface area contributed by atoms with Crippen molar-refractivity contribution in [3.63, 3.8) is 0 Å². The zero-order chi connectivity index (χ0) is 20.5. The second-order valence-corrected chi connectivity index (χ2v) is 7.68. The van der Waals surface area contributed by atoms with Crippen LogP contribution in [-0.4, -0.2) is 78.9 Å². The zero-order valence-electron chi connectivity index (χ0n) is 17.8. The number of amides is 1.